The lowest BCUT2D eigenvalue weighted by atomic mass is 10.0. The van der Waals surface area contributed by atoms with E-state index < -0.39 is 0 Å². The first-order chi connectivity index (χ1) is 13.0. The predicted molar refractivity (Wildman–Crippen MR) is 108 cm³/mol. The number of hydrogen-bond donors (Lipinski definition) is 2. The molecule has 0 radical (unpaired) electrons. The van der Waals surface area contributed by atoms with Crippen molar-refractivity contribution in [3.63, 3.8) is 0 Å². The van der Waals surface area contributed by atoms with E-state index in [2.05, 4.69) is 5.32 Å². The van der Waals surface area contributed by atoms with Crippen LogP contribution in [0.1, 0.15) is 30.5 Å². The first-order valence-corrected chi connectivity index (χ1v) is 9.10. The molecule has 2 aromatic carbocycles. The second kappa shape index (κ2) is 8.18. The number of fused-ring (bicyclic) bond motifs is 1. The first-order valence-electron chi connectivity index (χ1n) is 9.10. The zero-order chi connectivity index (χ0) is 19.4. The van der Waals surface area contributed by atoms with Gasteiger partial charge in [-0.15, -0.1) is 0 Å². The van der Waals surface area contributed by atoms with Crippen molar-refractivity contribution in [3.8, 4) is 0 Å². The minimum absolute atomic E-state index is 0.0846. The summed E-state index contributed by atoms with van der Waals surface area (Å²) in [5.74, 6) is -0.0846. The standard InChI is InChI=1S/C22H24N2O3/c1-15-6-3-4-7-17(15)10-11-21(26)23-20-9-5-8-19-18(20)12-13-24(22(19)27)16(2)14-25/h3-9,12-13,16,25H,10-11,14H2,1-2H3,(H,23,26). The Morgan fingerprint density at radius 2 is 1.89 bits per heavy atom. The van der Waals surface area contributed by atoms with E-state index in [0.29, 0.717) is 29.3 Å². The van der Waals surface area contributed by atoms with Gasteiger partial charge < -0.3 is 15.0 Å². The van der Waals surface area contributed by atoms with Gasteiger partial charge in [0.2, 0.25) is 5.91 Å². The van der Waals surface area contributed by atoms with Gasteiger partial charge in [0, 0.05) is 29.1 Å². The van der Waals surface area contributed by atoms with Gasteiger partial charge in [-0.25, -0.2) is 0 Å². The lowest BCUT2D eigenvalue weighted by molar-refractivity contribution is -0.116. The number of carbonyl (C=O) groups is 1. The molecule has 2 N–H and O–H groups in total. The monoisotopic (exact) mass is 364 g/mol. The van der Waals surface area contributed by atoms with Crippen molar-refractivity contribution in [1.82, 2.24) is 4.57 Å². The van der Waals surface area contributed by atoms with E-state index in [1.165, 1.54) is 10.1 Å². The third-order valence-corrected chi connectivity index (χ3v) is 4.87. The fourth-order valence-corrected chi connectivity index (χ4v) is 3.19. The van der Waals surface area contributed by atoms with Gasteiger partial charge in [-0.1, -0.05) is 30.3 Å². The van der Waals surface area contributed by atoms with Crippen LogP contribution in [0.5, 0.6) is 0 Å². The molecule has 0 fully saturated rings. The van der Waals surface area contributed by atoms with E-state index >= 15 is 0 Å². The van der Waals surface area contributed by atoms with Gasteiger partial charge in [-0.05, 0) is 49.6 Å². The van der Waals surface area contributed by atoms with E-state index in [4.69, 9.17) is 0 Å². The fraction of sp³-hybridized carbons (Fsp3) is 0.273. The van der Waals surface area contributed by atoms with Crippen molar-refractivity contribution >= 4 is 22.4 Å². The summed E-state index contributed by atoms with van der Waals surface area (Å²) in [7, 11) is 0. The molecule has 0 aliphatic carbocycles. The Morgan fingerprint density at radius 3 is 2.63 bits per heavy atom. The molecule has 0 aliphatic heterocycles. The smallest absolute Gasteiger partial charge is 0.258 e. The summed E-state index contributed by atoms with van der Waals surface area (Å²) in [6, 6.07) is 14.8. The van der Waals surface area contributed by atoms with Gasteiger partial charge in [0.05, 0.1) is 12.6 Å². The van der Waals surface area contributed by atoms with Gasteiger partial charge in [0.1, 0.15) is 0 Å². The van der Waals surface area contributed by atoms with Gasteiger partial charge in [0.15, 0.2) is 0 Å². The average Bonchev–Trinajstić information content (AvgIpc) is 2.67. The quantitative estimate of drug-likeness (QED) is 0.704. The Hall–Kier alpha value is -2.92. The number of amides is 1. The number of anilines is 1. The molecule has 1 aromatic heterocycles. The van der Waals surface area contributed by atoms with Gasteiger partial charge >= 0.3 is 0 Å². The number of aliphatic hydroxyl groups is 1. The maximum absolute atomic E-state index is 12.7. The molecular formula is C22H24N2O3. The molecule has 1 amide bonds. The molecule has 27 heavy (non-hydrogen) atoms. The SMILES string of the molecule is Cc1ccccc1CCC(=O)Nc1cccc2c(=O)n(C(C)CO)ccc12. The molecule has 0 aliphatic rings. The van der Waals surface area contributed by atoms with E-state index in [9.17, 15) is 14.7 Å². The molecule has 1 atom stereocenters. The van der Waals surface area contributed by atoms with Crippen molar-refractivity contribution in [2.75, 3.05) is 11.9 Å². The summed E-state index contributed by atoms with van der Waals surface area (Å²) in [4.78, 5) is 25.1. The Morgan fingerprint density at radius 1 is 1.11 bits per heavy atom. The highest BCUT2D eigenvalue weighted by molar-refractivity contribution is 6.01. The molecule has 0 saturated carbocycles. The van der Waals surface area contributed by atoms with Crippen LogP contribution in [0.25, 0.3) is 10.8 Å². The Labute approximate surface area is 158 Å². The number of benzene rings is 2. The highest BCUT2D eigenvalue weighted by atomic mass is 16.3. The van der Waals surface area contributed by atoms with Gasteiger partial charge in [-0.2, -0.15) is 0 Å². The third-order valence-electron chi connectivity index (χ3n) is 4.87. The van der Waals surface area contributed by atoms with Crippen molar-refractivity contribution in [3.05, 3.63) is 76.2 Å². The van der Waals surface area contributed by atoms with E-state index in [1.807, 2.05) is 31.2 Å². The first kappa shape index (κ1) is 18.9. The molecule has 3 aromatic rings. The van der Waals surface area contributed by atoms with E-state index in [1.54, 1.807) is 37.4 Å². The normalized spacial score (nSPS) is 12.1. The van der Waals surface area contributed by atoms with Crippen molar-refractivity contribution in [2.45, 2.75) is 32.7 Å². The second-order valence-electron chi connectivity index (χ2n) is 6.80. The molecule has 0 saturated heterocycles. The molecule has 1 unspecified atom stereocenters. The minimum Gasteiger partial charge on any atom is -0.394 e. The largest absolute Gasteiger partial charge is 0.394 e. The lowest BCUT2D eigenvalue weighted by Gasteiger charge is -2.14. The van der Waals surface area contributed by atoms with Crippen molar-refractivity contribution in [2.24, 2.45) is 0 Å². The Kier molecular flexibility index (Phi) is 5.72. The molecule has 0 spiro atoms. The van der Waals surface area contributed by atoms with E-state index in [0.717, 1.165) is 5.56 Å². The van der Waals surface area contributed by atoms with Crippen LogP contribution < -0.4 is 10.9 Å². The third kappa shape index (κ3) is 4.09. The molecule has 0 bridgehead atoms. The van der Waals surface area contributed by atoms with E-state index in [-0.39, 0.29) is 24.1 Å². The number of aromatic nitrogens is 1. The number of aliphatic hydroxyl groups excluding tert-OH is 1. The highest BCUT2D eigenvalue weighted by Crippen LogP contribution is 2.22. The summed E-state index contributed by atoms with van der Waals surface area (Å²) in [6.45, 7) is 3.71. The number of hydrogen-bond acceptors (Lipinski definition) is 3. The zero-order valence-electron chi connectivity index (χ0n) is 15.6. The number of nitrogens with zero attached hydrogens (tertiary/aromatic N) is 1. The van der Waals surface area contributed by atoms with Crippen LogP contribution in [-0.2, 0) is 11.2 Å². The molecular weight excluding hydrogens is 340 g/mol. The molecule has 1 heterocycles. The van der Waals surface area contributed by atoms with Crippen LogP contribution in [0.3, 0.4) is 0 Å². The highest BCUT2D eigenvalue weighted by Gasteiger charge is 2.12. The van der Waals surface area contributed by atoms with Crippen LogP contribution in [0, 0.1) is 6.92 Å². The molecule has 5 heteroatoms. The summed E-state index contributed by atoms with van der Waals surface area (Å²) < 4.78 is 1.51. The lowest BCUT2D eigenvalue weighted by Crippen LogP contribution is -2.25. The summed E-state index contributed by atoms with van der Waals surface area (Å²) in [5.41, 5.74) is 2.79. The second-order valence-corrected chi connectivity index (χ2v) is 6.80. The summed E-state index contributed by atoms with van der Waals surface area (Å²) in [5, 5.41) is 13.5. The van der Waals surface area contributed by atoms with Crippen LogP contribution in [-0.4, -0.2) is 22.2 Å². The minimum atomic E-state index is -0.297. The number of nitrogens with one attached hydrogen (secondary N) is 1. The van der Waals surface area contributed by atoms with Crippen LogP contribution in [0.2, 0.25) is 0 Å². The number of pyridine rings is 1. The average molecular weight is 364 g/mol. The molecule has 140 valence electrons. The Bertz CT molecular complexity index is 1020. The maximum atomic E-state index is 12.7. The number of aryl methyl sites for hydroxylation is 2. The van der Waals surface area contributed by atoms with Crippen LogP contribution >= 0.6 is 0 Å². The van der Waals surface area contributed by atoms with Gasteiger partial charge in [0.25, 0.3) is 5.56 Å². The van der Waals surface area contributed by atoms with Gasteiger partial charge in [-0.3, -0.25) is 9.59 Å². The number of rotatable bonds is 6. The van der Waals surface area contributed by atoms with Crippen molar-refractivity contribution < 1.29 is 9.90 Å². The van der Waals surface area contributed by atoms with Crippen LogP contribution in [0.4, 0.5) is 5.69 Å². The topological polar surface area (TPSA) is 71.3 Å². The Balaban J connectivity index is 1.80. The predicted octanol–water partition coefficient (Wildman–Crippen LogP) is 3.43. The summed E-state index contributed by atoms with van der Waals surface area (Å²) >= 11 is 0. The summed E-state index contributed by atoms with van der Waals surface area (Å²) in [6.07, 6.45) is 2.71. The zero-order valence-corrected chi connectivity index (χ0v) is 15.6. The molecule has 5 nitrogen and oxygen atoms in total. The number of carbonyl (C=O) groups excluding carboxylic acids is 1. The van der Waals surface area contributed by atoms with Crippen molar-refractivity contribution in [1.29, 1.82) is 0 Å². The van der Waals surface area contributed by atoms with Crippen LogP contribution in [0.15, 0.2) is 59.5 Å². The maximum Gasteiger partial charge on any atom is 0.258 e. The molecule has 3 rings (SSSR count). The fourth-order valence-electron chi connectivity index (χ4n) is 3.19.